The molecule has 1 aliphatic rings. The molecule has 0 bridgehead atoms. The average molecular weight is 281 g/mol. The van der Waals surface area contributed by atoms with Crippen LogP contribution in [0, 0.1) is 0 Å². The fourth-order valence-electron chi connectivity index (χ4n) is 1.70. The number of oxime groups is 1. The van der Waals surface area contributed by atoms with Crippen molar-refractivity contribution in [3.05, 3.63) is 29.2 Å². The number of rotatable bonds is 4. The zero-order valence-electron chi connectivity index (χ0n) is 10.6. The molecule has 1 aromatic rings. The van der Waals surface area contributed by atoms with Crippen LogP contribution in [-0.2, 0) is 0 Å². The molecule has 0 spiro atoms. The molecule has 0 aliphatic carbocycles. The highest BCUT2D eigenvalue weighted by atomic mass is 32.2. The van der Waals surface area contributed by atoms with Crippen molar-refractivity contribution >= 4 is 23.3 Å². The maximum Gasteiger partial charge on any atom is 0.172 e. The SMILES string of the molecule is COc1ccc(C2=CSC(/C(N)=N/O)N2)cc1OC. The number of amidine groups is 1. The highest BCUT2D eigenvalue weighted by Crippen LogP contribution is 2.33. The van der Waals surface area contributed by atoms with E-state index in [0.717, 1.165) is 11.3 Å². The van der Waals surface area contributed by atoms with Crippen molar-refractivity contribution in [3.8, 4) is 11.5 Å². The van der Waals surface area contributed by atoms with Crippen LogP contribution in [-0.4, -0.2) is 30.6 Å². The first-order valence-corrected chi connectivity index (χ1v) is 6.46. The van der Waals surface area contributed by atoms with Crippen LogP contribution >= 0.6 is 11.8 Å². The first-order chi connectivity index (χ1) is 9.19. The zero-order valence-corrected chi connectivity index (χ0v) is 11.4. The van der Waals surface area contributed by atoms with Crippen molar-refractivity contribution in [2.75, 3.05) is 14.2 Å². The van der Waals surface area contributed by atoms with Crippen LogP contribution in [0.2, 0.25) is 0 Å². The van der Waals surface area contributed by atoms with Gasteiger partial charge in [-0.25, -0.2) is 0 Å². The van der Waals surface area contributed by atoms with Crippen LogP contribution in [0.5, 0.6) is 11.5 Å². The van der Waals surface area contributed by atoms with Crippen LogP contribution in [0.3, 0.4) is 0 Å². The summed E-state index contributed by atoms with van der Waals surface area (Å²) < 4.78 is 10.4. The van der Waals surface area contributed by atoms with E-state index < -0.39 is 0 Å². The van der Waals surface area contributed by atoms with E-state index in [0.29, 0.717) is 11.5 Å². The van der Waals surface area contributed by atoms with Crippen LogP contribution in [0.25, 0.3) is 5.70 Å². The third-order valence-electron chi connectivity index (χ3n) is 2.69. The molecule has 0 fully saturated rings. The third kappa shape index (κ3) is 2.70. The second kappa shape index (κ2) is 5.75. The van der Waals surface area contributed by atoms with Gasteiger partial charge in [-0.15, -0.1) is 0 Å². The molecule has 0 saturated carbocycles. The molecule has 0 radical (unpaired) electrons. The summed E-state index contributed by atoms with van der Waals surface area (Å²) in [7, 11) is 3.18. The number of benzene rings is 1. The normalized spacial score (nSPS) is 18.7. The highest BCUT2D eigenvalue weighted by molar-refractivity contribution is 8.03. The second-order valence-electron chi connectivity index (χ2n) is 3.79. The van der Waals surface area contributed by atoms with Crippen LogP contribution in [0.4, 0.5) is 0 Å². The Balaban J connectivity index is 2.20. The van der Waals surface area contributed by atoms with E-state index in [1.165, 1.54) is 11.8 Å². The van der Waals surface area contributed by atoms with Gasteiger partial charge >= 0.3 is 0 Å². The van der Waals surface area contributed by atoms with Gasteiger partial charge in [0.05, 0.1) is 14.2 Å². The molecular formula is C12H15N3O3S. The lowest BCUT2D eigenvalue weighted by Crippen LogP contribution is -2.34. The van der Waals surface area contributed by atoms with E-state index >= 15 is 0 Å². The maximum atomic E-state index is 8.65. The molecule has 1 unspecified atom stereocenters. The standard InChI is InChI=1S/C12H15N3O3S/c1-17-9-4-3-7(5-10(9)18-2)8-6-19-12(14-8)11(13)15-16/h3-6,12,14,16H,1-2H3,(H2,13,15). The molecule has 4 N–H and O–H groups in total. The minimum absolute atomic E-state index is 0.136. The van der Waals surface area contributed by atoms with Crippen molar-refractivity contribution in [3.63, 3.8) is 0 Å². The summed E-state index contributed by atoms with van der Waals surface area (Å²) in [5.74, 6) is 1.46. The summed E-state index contributed by atoms with van der Waals surface area (Å²) in [4.78, 5) is 0. The molecular weight excluding hydrogens is 266 g/mol. The van der Waals surface area contributed by atoms with E-state index in [1.807, 2.05) is 23.6 Å². The van der Waals surface area contributed by atoms with Gasteiger partial charge in [-0.1, -0.05) is 16.9 Å². The third-order valence-corrected chi connectivity index (χ3v) is 3.69. The van der Waals surface area contributed by atoms with Crippen LogP contribution in [0.1, 0.15) is 5.56 Å². The molecule has 102 valence electrons. The Hall–Kier alpha value is -2.02. The molecule has 1 atom stereocenters. The summed E-state index contributed by atoms with van der Waals surface area (Å²) in [6, 6.07) is 5.61. The zero-order chi connectivity index (χ0) is 13.8. The lowest BCUT2D eigenvalue weighted by atomic mass is 10.1. The van der Waals surface area contributed by atoms with Gasteiger partial charge in [0.25, 0.3) is 0 Å². The number of ether oxygens (including phenoxy) is 2. The summed E-state index contributed by atoms with van der Waals surface area (Å²) in [5.41, 5.74) is 7.39. The molecule has 19 heavy (non-hydrogen) atoms. The van der Waals surface area contributed by atoms with Gasteiger partial charge in [0, 0.05) is 11.3 Å². The van der Waals surface area contributed by atoms with Gasteiger partial charge in [-0.05, 0) is 23.6 Å². The Morgan fingerprint density at radius 2 is 2.11 bits per heavy atom. The fraction of sp³-hybridized carbons (Fsp3) is 0.250. The number of thioether (sulfide) groups is 1. The monoisotopic (exact) mass is 281 g/mol. The average Bonchev–Trinajstić information content (AvgIpc) is 2.95. The Morgan fingerprint density at radius 1 is 1.37 bits per heavy atom. The first kappa shape index (κ1) is 13.4. The maximum absolute atomic E-state index is 8.65. The Labute approximate surface area is 115 Å². The van der Waals surface area contributed by atoms with Crippen molar-refractivity contribution in [2.45, 2.75) is 5.37 Å². The van der Waals surface area contributed by atoms with Crippen molar-refractivity contribution in [1.82, 2.24) is 5.32 Å². The summed E-state index contributed by atoms with van der Waals surface area (Å²) in [6.45, 7) is 0. The van der Waals surface area contributed by atoms with Gasteiger partial charge in [0.1, 0.15) is 5.37 Å². The summed E-state index contributed by atoms with van der Waals surface area (Å²) in [6.07, 6.45) is 0. The number of nitrogens with zero attached hydrogens (tertiary/aromatic N) is 1. The van der Waals surface area contributed by atoms with Gasteiger partial charge in [-0.2, -0.15) is 0 Å². The number of nitrogens with one attached hydrogen (secondary N) is 1. The summed E-state index contributed by atoms with van der Waals surface area (Å²) >= 11 is 1.44. The number of hydrogen-bond donors (Lipinski definition) is 3. The van der Waals surface area contributed by atoms with E-state index in [1.54, 1.807) is 14.2 Å². The van der Waals surface area contributed by atoms with Gasteiger partial charge < -0.3 is 25.7 Å². The molecule has 2 rings (SSSR count). The predicted octanol–water partition coefficient (Wildman–Crippen LogP) is 1.41. The number of nitrogens with two attached hydrogens (primary N) is 1. The lowest BCUT2D eigenvalue weighted by Gasteiger charge is -2.13. The predicted molar refractivity (Wildman–Crippen MR) is 75.4 cm³/mol. The Morgan fingerprint density at radius 3 is 2.74 bits per heavy atom. The molecule has 6 nitrogen and oxygen atoms in total. The molecule has 1 aromatic carbocycles. The van der Waals surface area contributed by atoms with E-state index in [2.05, 4.69) is 10.5 Å². The van der Waals surface area contributed by atoms with E-state index in [-0.39, 0.29) is 11.2 Å². The first-order valence-electron chi connectivity index (χ1n) is 5.51. The number of methoxy groups -OCH3 is 2. The van der Waals surface area contributed by atoms with Gasteiger partial charge in [-0.3, -0.25) is 0 Å². The molecule has 1 heterocycles. The molecule has 0 saturated heterocycles. The van der Waals surface area contributed by atoms with Gasteiger partial charge in [0.15, 0.2) is 17.3 Å². The van der Waals surface area contributed by atoms with Crippen molar-refractivity contribution in [1.29, 1.82) is 0 Å². The number of hydrogen-bond acceptors (Lipinski definition) is 6. The second-order valence-corrected chi connectivity index (χ2v) is 4.77. The largest absolute Gasteiger partial charge is 0.493 e. The Kier molecular flexibility index (Phi) is 4.06. The van der Waals surface area contributed by atoms with E-state index in [9.17, 15) is 0 Å². The van der Waals surface area contributed by atoms with Crippen molar-refractivity contribution < 1.29 is 14.7 Å². The molecule has 0 aromatic heterocycles. The minimum Gasteiger partial charge on any atom is -0.493 e. The smallest absolute Gasteiger partial charge is 0.172 e. The summed E-state index contributed by atoms with van der Waals surface area (Å²) in [5, 5.41) is 16.5. The van der Waals surface area contributed by atoms with E-state index in [4.69, 9.17) is 20.4 Å². The quantitative estimate of drug-likeness (QED) is 0.335. The van der Waals surface area contributed by atoms with Crippen molar-refractivity contribution in [2.24, 2.45) is 10.9 Å². The Bertz CT molecular complexity index is 531. The lowest BCUT2D eigenvalue weighted by molar-refractivity contribution is 0.317. The topological polar surface area (TPSA) is 89.1 Å². The molecule has 0 amide bonds. The fourth-order valence-corrected chi connectivity index (χ4v) is 2.55. The minimum atomic E-state index is -0.256. The van der Waals surface area contributed by atoms with Crippen LogP contribution < -0.4 is 20.5 Å². The van der Waals surface area contributed by atoms with Crippen LogP contribution in [0.15, 0.2) is 28.8 Å². The molecule has 7 heteroatoms. The highest BCUT2D eigenvalue weighted by Gasteiger charge is 2.22. The van der Waals surface area contributed by atoms with Gasteiger partial charge in [0.2, 0.25) is 0 Å². The molecule has 1 aliphatic heterocycles.